The van der Waals surface area contributed by atoms with Gasteiger partial charge in [0.1, 0.15) is 24.1 Å². The van der Waals surface area contributed by atoms with Crippen molar-refractivity contribution in [2.24, 2.45) is 5.10 Å². The Balaban J connectivity index is 1.73. The Hall–Kier alpha value is -3.77. The van der Waals surface area contributed by atoms with Gasteiger partial charge in [-0.15, -0.1) is 0 Å². The monoisotopic (exact) mass is 489 g/mol. The number of benzene rings is 1. The number of nitrogens with zero attached hydrogens (tertiary/aromatic N) is 5. The standard InChI is InChI=1S/C26H27N5O3S/c1-26(2,3)29(4)25(32)23-19-14-34-22-13-21(33-6)17(20-8-7-10-27-30(20)5)12-18(22)24(19)31(28-23)16-9-11-35-15-16/h9-13,15,20H,14H2,1-6H3. The van der Waals surface area contributed by atoms with Crippen molar-refractivity contribution in [3.63, 3.8) is 0 Å². The second-order valence-corrected chi connectivity index (χ2v) is 10.3. The minimum atomic E-state index is -0.352. The second-order valence-electron chi connectivity index (χ2n) is 9.49. The van der Waals surface area contributed by atoms with E-state index < -0.39 is 0 Å². The summed E-state index contributed by atoms with van der Waals surface area (Å²) < 4.78 is 13.7. The van der Waals surface area contributed by atoms with Crippen molar-refractivity contribution in [3.05, 3.63) is 45.8 Å². The molecule has 4 heterocycles. The third kappa shape index (κ3) is 3.84. The molecule has 2 aromatic heterocycles. The zero-order valence-electron chi connectivity index (χ0n) is 20.6. The lowest BCUT2D eigenvalue weighted by molar-refractivity contribution is 0.0646. The fourth-order valence-electron chi connectivity index (χ4n) is 4.16. The number of aromatic nitrogens is 2. The number of methoxy groups -OCH3 is 1. The van der Waals surface area contributed by atoms with Crippen LogP contribution in [0.2, 0.25) is 0 Å². The van der Waals surface area contributed by atoms with E-state index in [1.165, 1.54) is 0 Å². The first-order valence-corrected chi connectivity index (χ1v) is 12.2. The molecule has 2 aliphatic heterocycles. The molecule has 0 aliphatic carbocycles. The smallest absolute Gasteiger partial charge is 0.274 e. The number of amides is 1. The molecule has 0 fully saturated rings. The molecule has 0 spiro atoms. The van der Waals surface area contributed by atoms with Gasteiger partial charge in [0.05, 0.1) is 24.7 Å². The summed E-state index contributed by atoms with van der Waals surface area (Å²) in [6, 6.07) is 5.62. The number of carbonyl (C=O) groups is 1. The first-order chi connectivity index (χ1) is 16.7. The number of fused-ring (bicyclic) bond motifs is 3. The maximum absolute atomic E-state index is 13.6. The van der Waals surface area contributed by atoms with E-state index in [1.54, 1.807) is 41.6 Å². The fraction of sp³-hybridized carbons (Fsp3) is 0.346. The summed E-state index contributed by atoms with van der Waals surface area (Å²) >= 11 is 1.58. The SMILES string of the molecule is COc1cc2c(cc1C1C#CC=NN1C)-c1c(c(C(=O)N(C)C(C)(C)C)nn1-c1ccsc1)CO2. The van der Waals surface area contributed by atoms with Gasteiger partial charge in [-0.05, 0) is 38.3 Å². The summed E-state index contributed by atoms with van der Waals surface area (Å²) in [7, 11) is 5.31. The summed E-state index contributed by atoms with van der Waals surface area (Å²) in [6.45, 7) is 6.24. The van der Waals surface area contributed by atoms with E-state index in [0.717, 1.165) is 28.1 Å². The van der Waals surface area contributed by atoms with E-state index >= 15 is 0 Å². The molecule has 1 amide bonds. The predicted molar refractivity (Wildman–Crippen MR) is 136 cm³/mol. The van der Waals surface area contributed by atoms with E-state index in [0.29, 0.717) is 17.2 Å². The lowest BCUT2D eigenvalue weighted by Crippen LogP contribution is -2.43. The number of hydrogen-bond donors (Lipinski definition) is 0. The molecule has 2 aliphatic rings. The van der Waals surface area contributed by atoms with Crippen LogP contribution in [0.25, 0.3) is 16.9 Å². The zero-order chi connectivity index (χ0) is 24.9. The van der Waals surface area contributed by atoms with Crippen LogP contribution in [0.1, 0.15) is 48.4 Å². The van der Waals surface area contributed by atoms with Gasteiger partial charge < -0.3 is 14.4 Å². The van der Waals surface area contributed by atoms with Crippen molar-refractivity contribution in [1.29, 1.82) is 0 Å². The maximum Gasteiger partial charge on any atom is 0.274 e. The second kappa shape index (κ2) is 8.47. The Morgan fingerprint density at radius 1 is 1.34 bits per heavy atom. The highest BCUT2D eigenvalue weighted by atomic mass is 32.1. The quantitative estimate of drug-likeness (QED) is 0.510. The lowest BCUT2D eigenvalue weighted by atomic mass is 9.95. The molecule has 1 aromatic carbocycles. The first-order valence-electron chi connectivity index (χ1n) is 11.2. The van der Waals surface area contributed by atoms with Gasteiger partial charge in [-0.25, -0.2) is 4.68 Å². The summed E-state index contributed by atoms with van der Waals surface area (Å²) in [4.78, 5) is 15.3. The molecule has 1 unspecified atom stereocenters. The van der Waals surface area contributed by atoms with Crippen LogP contribution in [0.3, 0.4) is 0 Å². The minimum Gasteiger partial charge on any atom is -0.496 e. The zero-order valence-corrected chi connectivity index (χ0v) is 21.4. The highest BCUT2D eigenvalue weighted by Gasteiger charge is 2.35. The molecule has 8 nitrogen and oxygen atoms in total. The van der Waals surface area contributed by atoms with Gasteiger partial charge >= 0.3 is 0 Å². The van der Waals surface area contributed by atoms with Gasteiger partial charge in [0.15, 0.2) is 5.69 Å². The molecule has 1 atom stereocenters. The topological polar surface area (TPSA) is 72.2 Å². The van der Waals surface area contributed by atoms with Crippen LogP contribution in [0.15, 0.2) is 34.1 Å². The van der Waals surface area contributed by atoms with E-state index in [4.69, 9.17) is 14.6 Å². The van der Waals surface area contributed by atoms with Gasteiger partial charge in [0, 0.05) is 47.8 Å². The third-order valence-corrected chi connectivity index (χ3v) is 7.07. The highest BCUT2D eigenvalue weighted by molar-refractivity contribution is 7.08. The van der Waals surface area contributed by atoms with Gasteiger partial charge in [-0.1, -0.05) is 11.8 Å². The van der Waals surface area contributed by atoms with Crippen LogP contribution in [0.5, 0.6) is 11.5 Å². The molecule has 0 bridgehead atoms. The van der Waals surface area contributed by atoms with Crippen molar-refractivity contribution in [2.75, 3.05) is 21.2 Å². The van der Waals surface area contributed by atoms with Crippen LogP contribution >= 0.6 is 11.3 Å². The normalized spacial score (nSPS) is 16.1. The van der Waals surface area contributed by atoms with E-state index in [1.807, 2.05) is 61.5 Å². The van der Waals surface area contributed by atoms with Crippen LogP contribution < -0.4 is 9.47 Å². The lowest BCUT2D eigenvalue weighted by Gasteiger charge is -2.31. The van der Waals surface area contributed by atoms with Crippen LogP contribution in [-0.2, 0) is 6.61 Å². The Bertz CT molecular complexity index is 1390. The van der Waals surface area contributed by atoms with Crippen molar-refractivity contribution < 1.29 is 14.3 Å². The van der Waals surface area contributed by atoms with Gasteiger partial charge in [-0.2, -0.15) is 21.5 Å². The average Bonchev–Trinajstić information content (AvgIpc) is 3.50. The average molecular weight is 490 g/mol. The summed E-state index contributed by atoms with van der Waals surface area (Å²) in [6.07, 6.45) is 1.58. The summed E-state index contributed by atoms with van der Waals surface area (Å²) in [5.74, 6) is 7.37. The number of thiophene rings is 1. The van der Waals surface area contributed by atoms with E-state index in [9.17, 15) is 4.79 Å². The van der Waals surface area contributed by atoms with Crippen LogP contribution in [-0.4, -0.2) is 58.6 Å². The van der Waals surface area contributed by atoms with E-state index in [-0.39, 0.29) is 24.1 Å². The molecule has 9 heteroatoms. The number of carbonyl (C=O) groups excluding carboxylic acids is 1. The van der Waals surface area contributed by atoms with Crippen molar-refractivity contribution in [2.45, 2.75) is 39.0 Å². The third-order valence-electron chi connectivity index (χ3n) is 6.40. The Kier molecular flexibility index (Phi) is 5.56. The van der Waals surface area contributed by atoms with Crippen molar-refractivity contribution in [3.8, 4) is 40.3 Å². The Morgan fingerprint density at radius 2 is 2.14 bits per heavy atom. The summed E-state index contributed by atoms with van der Waals surface area (Å²) in [5, 5.41) is 15.0. The first kappa shape index (κ1) is 23.0. The van der Waals surface area contributed by atoms with Crippen molar-refractivity contribution in [1.82, 2.24) is 19.7 Å². The molecular weight excluding hydrogens is 462 g/mol. The largest absolute Gasteiger partial charge is 0.496 e. The Morgan fingerprint density at radius 3 is 2.80 bits per heavy atom. The number of hydrogen-bond acceptors (Lipinski definition) is 7. The molecule has 3 aromatic rings. The molecule has 35 heavy (non-hydrogen) atoms. The van der Waals surface area contributed by atoms with Gasteiger partial charge in [-0.3, -0.25) is 9.80 Å². The molecule has 0 saturated heterocycles. The highest BCUT2D eigenvalue weighted by Crippen LogP contribution is 2.45. The number of ether oxygens (including phenoxy) is 2. The molecule has 0 saturated carbocycles. The van der Waals surface area contributed by atoms with Gasteiger partial charge in [0.25, 0.3) is 5.91 Å². The van der Waals surface area contributed by atoms with Crippen LogP contribution in [0, 0.1) is 11.8 Å². The molecule has 0 N–H and O–H groups in total. The summed E-state index contributed by atoms with van der Waals surface area (Å²) in [5.41, 5.74) is 4.25. The fourth-order valence-corrected chi connectivity index (χ4v) is 4.78. The molecule has 180 valence electrons. The molecular formula is C26H27N5O3S. The number of rotatable bonds is 4. The molecule has 5 rings (SSSR count). The number of hydrazone groups is 1. The van der Waals surface area contributed by atoms with Gasteiger partial charge in [0.2, 0.25) is 0 Å². The predicted octanol–water partition coefficient (Wildman–Crippen LogP) is 4.35. The molecule has 0 radical (unpaired) electrons. The minimum absolute atomic E-state index is 0.143. The van der Waals surface area contributed by atoms with Crippen molar-refractivity contribution >= 4 is 23.5 Å². The maximum atomic E-state index is 13.6. The van der Waals surface area contributed by atoms with E-state index in [2.05, 4.69) is 16.9 Å². The Labute approximate surface area is 208 Å². The van der Waals surface area contributed by atoms with Crippen LogP contribution in [0.4, 0.5) is 0 Å².